The van der Waals surface area contributed by atoms with Gasteiger partial charge in [0, 0.05) is 24.7 Å². The Morgan fingerprint density at radius 1 is 1.35 bits per heavy atom. The first-order valence-electron chi connectivity index (χ1n) is 5.71. The highest BCUT2D eigenvalue weighted by Crippen LogP contribution is 2.37. The van der Waals surface area contributed by atoms with Crippen molar-refractivity contribution in [3.8, 4) is 11.8 Å². The lowest BCUT2D eigenvalue weighted by Gasteiger charge is -2.35. The van der Waals surface area contributed by atoms with Crippen LogP contribution in [0.15, 0.2) is 36.4 Å². The van der Waals surface area contributed by atoms with Gasteiger partial charge in [-0.15, -0.1) is 0 Å². The molecule has 0 aromatic heterocycles. The van der Waals surface area contributed by atoms with Gasteiger partial charge in [-0.2, -0.15) is 5.26 Å². The first-order valence-corrected chi connectivity index (χ1v) is 5.71. The van der Waals surface area contributed by atoms with Crippen molar-refractivity contribution in [2.45, 2.75) is 18.3 Å². The fourth-order valence-electron chi connectivity index (χ4n) is 2.30. The minimum Gasteiger partial charge on any atom is -0.508 e. The number of phenolic OH excluding ortho intramolecular Hbond substituents is 1. The molecule has 1 saturated heterocycles. The van der Waals surface area contributed by atoms with E-state index in [0.29, 0.717) is 13.2 Å². The largest absolute Gasteiger partial charge is 0.508 e. The molecule has 1 aliphatic heterocycles. The topological polar surface area (TPSA) is 53.2 Å². The van der Waals surface area contributed by atoms with Gasteiger partial charge in [-0.25, -0.2) is 0 Å². The van der Waals surface area contributed by atoms with Gasteiger partial charge in [0.25, 0.3) is 0 Å². The molecule has 0 amide bonds. The predicted octanol–water partition coefficient (Wildman–Crippen LogP) is 2.52. The van der Waals surface area contributed by atoms with Gasteiger partial charge in [0.1, 0.15) is 5.75 Å². The van der Waals surface area contributed by atoms with E-state index in [2.05, 4.69) is 0 Å². The zero-order chi connectivity index (χ0) is 12.1. The molecule has 0 spiro atoms. The Morgan fingerprint density at radius 2 is 2.12 bits per heavy atom. The van der Waals surface area contributed by atoms with E-state index in [1.165, 1.54) is 6.08 Å². The number of ether oxygens (including phenoxy) is 1. The van der Waals surface area contributed by atoms with Crippen LogP contribution in [-0.4, -0.2) is 18.3 Å². The summed E-state index contributed by atoms with van der Waals surface area (Å²) in [5.74, 6) is 0.263. The van der Waals surface area contributed by atoms with E-state index in [1.54, 1.807) is 12.1 Å². The number of hydrogen-bond acceptors (Lipinski definition) is 3. The Kier molecular flexibility index (Phi) is 3.46. The molecule has 1 heterocycles. The summed E-state index contributed by atoms with van der Waals surface area (Å²) < 4.78 is 5.38. The van der Waals surface area contributed by atoms with Gasteiger partial charge in [0.15, 0.2) is 0 Å². The highest BCUT2D eigenvalue weighted by Gasteiger charge is 2.32. The van der Waals surface area contributed by atoms with Crippen molar-refractivity contribution in [1.82, 2.24) is 0 Å². The number of allylic oxidation sites excluding steroid dienone is 2. The number of nitriles is 1. The van der Waals surface area contributed by atoms with Crippen molar-refractivity contribution in [3.05, 3.63) is 42.0 Å². The van der Waals surface area contributed by atoms with Crippen LogP contribution >= 0.6 is 0 Å². The van der Waals surface area contributed by atoms with Gasteiger partial charge >= 0.3 is 0 Å². The number of rotatable bonds is 2. The normalized spacial score (nSPS) is 19.0. The minimum absolute atomic E-state index is 0.174. The fourth-order valence-corrected chi connectivity index (χ4v) is 2.30. The molecule has 88 valence electrons. The molecule has 17 heavy (non-hydrogen) atoms. The predicted molar refractivity (Wildman–Crippen MR) is 64.6 cm³/mol. The van der Waals surface area contributed by atoms with Crippen molar-refractivity contribution >= 4 is 0 Å². The second-order valence-electron chi connectivity index (χ2n) is 4.28. The fraction of sp³-hybridized carbons (Fsp3) is 0.357. The van der Waals surface area contributed by atoms with E-state index in [0.717, 1.165) is 18.4 Å². The van der Waals surface area contributed by atoms with E-state index < -0.39 is 0 Å². The summed E-state index contributed by atoms with van der Waals surface area (Å²) in [6.07, 6.45) is 5.14. The number of aromatic hydroxyl groups is 1. The smallest absolute Gasteiger partial charge is 0.115 e. The van der Waals surface area contributed by atoms with Gasteiger partial charge in [-0.1, -0.05) is 18.2 Å². The molecule has 0 radical (unpaired) electrons. The second kappa shape index (κ2) is 5.03. The molecule has 3 nitrogen and oxygen atoms in total. The van der Waals surface area contributed by atoms with Crippen molar-refractivity contribution < 1.29 is 9.84 Å². The summed E-state index contributed by atoms with van der Waals surface area (Å²) in [5, 5.41) is 18.3. The molecule has 0 bridgehead atoms. The van der Waals surface area contributed by atoms with Crippen LogP contribution in [0.4, 0.5) is 0 Å². The second-order valence-corrected chi connectivity index (χ2v) is 4.28. The van der Waals surface area contributed by atoms with Gasteiger partial charge in [0.2, 0.25) is 0 Å². The third-order valence-electron chi connectivity index (χ3n) is 3.28. The average molecular weight is 229 g/mol. The van der Waals surface area contributed by atoms with E-state index in [4.69, 9.17) is 10.00 Å². The number of phenols is 1. The van der Waals surface area contributed by atoms with Crippen LogP contribution in [0.5, 0.6) is 5.75 Å². The van der Waals surface area contributed by atoms with Gasteiger partial charge in [-0.05, 0) is 30.5 Å². The highest BCUT2D eigenvalue weighted by atomic mass is 16.5. The number of nitrogens with zero attached hydrogens (tertiary/aromatic N) is 1. The Balaban J connectivity index is 2.39. The van der Waals surface area contributed by atoms with Crippen LogP contribution in [-0.2, 0) is 10.2 Å². The summed E-state index contributed by atoms with van der Waals surface area (Å²) in [5.41, 5.74) is 0.875. The van der Waals surface area contributed by atoms with E-state index >= 15 is 0 Å². The molecule has 3 heteroatoms. The Labute approximate surface area is 101 Å². The SMILES string of the molecule is N#CC=CC1(c2cccc(O)c2)CCOCC1. The quantitative estimate of drug-likeness (QED) is 0.793. The lowest BCUT2D eigenvalue weighted by molar-refractivity contribution is 0.0653. The first-order chi connectivity index (χ1) is 8.27. The van der Waals surface area contributed by atoms with Crippen LogP contribution in [0, 0.1) is 11.3 Å². The van der Waals surface area contributed by atoms with Crippen LogP contribution in [0.25, 0.3) is 0 Å². The van der Waals surface area contributed by atoms with Crippen molar-refractivity contribution in [2.24, 2.45) is 0 Å². The summed E-state index contributed by atoms with van der Waals surface area (Å²) in [7, 11) is 0. The third kappa shape index (κ3) is 2.48. The van der Waals surface area contributed by atoms with Crippen LogP contribution in [0.2, 0.25) is 0 Å². The molecule has 0 saturated carbocycles. The van der Waals surface area contributed by atoms with Gasteiger partial charge in [0.05, 0.1) is 6.07 Å². The van der Waals surface area contributed by atoms with Crippen LogP contribution in [0.1, 0.15) is 18.4 Å². The lowest BCUT2D eigenvalue weighted by atomic mass is 9.74. The Morgan fingerprint density at radius 3 is 2.76 bits per heavy atom. The third-order valence-corrected chi connectivity index (χ3v) is 3.28. The average Bonchev–Trinajstić information content (AvgIpc) is 2.37. The summed E-state index contributed by atoms with van der Waals surface area (Å²) in [6.45, 7) is 1.37. The molecule has 1 aliphatic rings. The van der Waals surface area contributed by atoms with Crippen LogP contribution < -0.4 is 0 Å². The zero-order valence-electron chi connectivity index (χ0n) is 9.60. The number of benzene rings is 1. The molecule has 1 aromatic rings. The molecule has 2 rings (SSSR count). The Bertz CT molecular complexity index is 454. The summed E-state index contributed by atoms with van der Waals surface area (Å²) in [4.78, 5) is 0. The molecule has 1 fully saturated rings. The van der Waals surface area contributed by atoms with Crippen molar-refractivity contribution in [3.63, 3.8) is 0 Å². The minimum atomic E-state index is -0.174. The van der Waals surface area contributed by atoms with E-state index in [9.17, 15) is 5.11 Å². The maximum Gasteiger partial charge on any atom is 0.115 e. The molecule has 0 atom stereocenters. The maximum absolute atomic E-state index is 9.56. The van der Waals surface area contributed by atoms with Crippen molar-refractivity contribution in [2.75, 3.05) is 13.2 Å². The standard InChI is InChI=1S/C14H15NO2/c15-8-2-5-14(6-9-17-10-7-14)12-3-1-4-13(16)11-12/h1-5,11,16H,6-7,9-10H2. The lowest BCUT2D eigenvalue weighted by Crippen LogP contribution is -2.31. The maximum atomic E-state index is 9.56. The molecular weight excluding hydrogens is 214 g/mol. The van der Waals surface area contributed by atoms with Gasteiger partial charge in [-0.3, -0.25) is 0 Å². The first kappa shape index (κ1) is 11.7. The molecule has 0 unspecified atom stereocenters. The van der Waals surface area contributed by atoms with E-state index in [1.807, 2.05) is 24.3 Å². The molecule has 1 N–H and O–H groups in total. The summed E-state index contributed by atoms with van der Waals surface area (Å²) in [6, 6.07) is 9.30. The zero-order valence-corrected chi connectivity index (χ0v) is 9.60. The molecule has 1 aromatic carbocycles. The molecule has 0 aliphatic carbocycles. The molecular formula is C14H15NO2. The van der Waals surface area contributed by atoms with Gasteiger partial charge < -0.3 is 9.84 Å². The van der Waals surface area contributed by atoms with E-state index in [-0.39, 0.29) is 11.2 Å². The number of hydrogen-bond donors (Lipinski definition) is 1. The Hall–Kier alpha value is -1.79. The van der Waals surface area contributed by atoms with Crippen LogP contribution in [0.3, 0.4) is 0 Å². The monoisotopic (exact) mass is 229 g/mol. The summed E-state index contributed by atoms with van der Waals surface area (Å²) >= 11 is 0. The highest BCUT2D eigenvalue weighted by molar-refractivity contribution is 5.37. The van der Waals surface area contributed by atoms with Crippen molar-refractivity contribution in [1.29, 1.82) is 5.26 Å².